The molecular weight excluding hydrogens is 326 g/mol. The maximum Gasteiger partial charge on any atom is 0.342 e. The van der Waals surface area contributed by atoms with E-state index < -0.39 is 18.5 Å². The molecule has 1 heterocycles. The number of hydrogen-bond acceptors (Lipinski definition) is 6. The third-order valence-corrected chi connectivity index (χ3v) is 4.10. The van der Waals surface area contributed by atoms with E-state index in [0.29, 0.717) is 23.9 Å². The third kappa shape index (κ3) is 3.83. The summed E-state index contributed by atoms with van der Waals surface area (Å²) in [6.07, 6.45) is 1.87. The first kappa shape index (κ1) is 17.0. The Morgan fingerprint density at radius 1 is 1.24 bits per heavy atom. The molecule has 2 aromatic carbocycles. The number of rotatable bonds is 5. The number of carbonyl (C=O) groups excluding carboxylic acids is 2. The normalized spacial score (nSPS) is 16.7. The number of carbonyl (C=O) groups is 2. The fraction of sp³-hybridized carbons (Fsp3) is 0.333. The highest BCUT2D eigenvalue weighted by Gasteiger charge is 2.20. The lowest BCUT2D eigenvalue weighted by Crippen LogP contribution is -2.34. The Bertz CT molecular complexity index is 797. The summed E-state index contributed by atoms with van der Waals surface area (Å²) in [6, 6.07) is 7.71. The standard InChI is InChI=1S/C18H19NO6/c20-15-8-14(17(22)13-6-2-1-5-12(13)15)18(23)25-10-16(21)19-9-11-4-3-7-24-11/h1-2,5-6,8,11,20,22H,3-4,7,9-10H2,(H,19,21). The SMILES string of the molecule is O=C(COC(=O)c1cc(O)c2ccccc2c1O)NCC1CCCO1. The van der Waals surface area contributed by atoms with Crippen LogP contribution in [0.3, 0.4) is 0 Å². The molecule has 1 amide bonds. The lowest BCUT2D eigenvalue weighted by atomic mass is 10.0. The van der Waals surface area contributed by atoms with Crippen LogP contribution in [0, 0.1) is 0 Å². The Balaban J connectivity index is 1.62. The first-order valence-electron chi connectivity index (χ1n) is 8.05. The minimum absolute atomic E-state index is 0.00105. The van der Waals surface area contributed by atoms with Crippen LogP contribution in [0.1, 0.15) is 23.2 Å². The van der Waals surface area contributed by atoms with Crippen molar-refractivity contribution in [1.82, 2.24) is 5.32 Å². The van der Waals surface area contributed by atoms with Crippen molar-refractivity contribution in [2.45, 2.75) is 18.9 Å². The molecule has 3 N–H and O–H groups in total. The van der Waals surface area contributed by atoms with E-state index in [9.17, 15) is 19.8 Å². The maximum absolute atomic E-state index is 12.1. The number of benzene rings is 2. The minimum Gasteiger partial charge on any atom is -0.507 e. The van der Waals surface area contributed by atoms with Gasteiger partial charge in [-0.3, -0.25) is 4.79 Å². The molecule has 1 aliphatic rings. The number of hydrogen-bond donors (Lipinski definition) is 3. The Labute approximate surface area is 144 Å². The molecule has 7 nitrogen and oxygen atoms in total. The number of aromatic hydroxyl groups is 2. The van der Waals surface area contributed by atoms with Crippen LogP contribution in [0.15, 0.2) is 30.3 Å². The average molecular weight is 345 g/mol. The highest BCUT2D eigenvalue weighted by Crippen LogP contribution is 2.35. The molecule has 1 aliphatic heterocycles. The molecule has 7 heteroatoms. The van der Waals surface area contributed by atoms with Gasteiger partial charge in [-0.15, -0.1) is 0 Å². The molecule has 25 heavy (non-hydrogen) atoms. The summed E-state index contributed by atoms with van der Waals surface area (Å²) in [4.78, 5) is 23.9. The zero-order valence-corrected chi connectivity index (χ0v) is 13.5. The molecule has 0 saturated carbocycles. The van der Waals surface area contributed by atoms with Crippen molar-refractivity contribution in [1.29, 1.82) is 0 Å². The number of ether oxygens (including phenoxy) is 2. The van der Waals surface area contributed by atoms with Gasteiger partial charge in [-0.25, -0.2) is 4.79 Å². The molecular formula is C18H19NO6. The van der Waals surface area contributed by atoms with E-state index in [4.69, 9.17) is 9.47 Å². The fourth-order valence-corrected chi connectivity index (χ4v) is 2.79. The summed E-state index contributed by atoms with van der Waals surface area (Å²) in [5, 5.41) is 23.6. The van der Waals surface area contributed by atoms with Crippen molar-refractivity contribution < 1.29 is 29.3 Å². The Kier molecular flexibility index (Phi) is 5.04. The van der Waals surface area contributed by atoms with Gasteiger partial charge in [0.1, 0.15) is 17.1 Å². The lowest BCUT2D eigenvalue weighted by Gasteiger charge is -2.12. The second-order valence-corrected chi connectivity index (χ2v) is 5.85. The molecule has 0 bridgehead atoms. The van der Waals surface area contributed by atoms with Crippen molar-refractivity contribution in [3.8, 4) is 11.5 Å². The molecule has 0 aliphatic carbocycles. The van der Waals surface area contributed by atoms with E-state index in [1.165, 1.54) is 0 Å². The largest absolute Gasteiger partial charge is 0.507 e. The Hall–Kier alpha value is -2.80. The number of phenolic OH excluding ortho intramolecular Hbond substituents is 2. The summed E-state index contributed by atoms with van der Waals surface area (Å²) in [7, 11) is 0. The summed E-state index contributed by atoms with van der Waals surface area (Å²) in [5.41, 5.74) is -0.192. The van der Waals surface area contributed by atoms with Crippen LogP contribution >= 0.6 is 0 Å². The van der Waals surface area contributed by atoms with Crippen LogP contribution in [0.5, 0.6) is 11.5 Å². The van der Waals surface area contributed by atoms with Gasteiger partial charge in [-0.05, 0) is 18.9 Å². The summed E-state index contributed by atoms with van der Waals surface area (Å²) in [6.45, 7) is 0.594. The van der Waals surface area contributed by atoms with Gasteiger partial charge in [0, 0.05) is 23.9 Å². The second-order valence-electron chi connectivity index (χ2n) is 5.85. The first-order valence-corrected chi connectivity index (χ1v) is 8.05. The van der Waals surface area contributed by atoms with Gasteiger partial charge in [-0.1, -0.05) is 24.3 Å². The molecule has 0 radical (unpaired) electrons. The van der Waals surface area contributed by atoms with Crippen molar-refractivity contribution in [3.63, 3.8) is 0 Å². The third-order valence-electron chi connectivity index (χ3n) is 4.10. The van der Waals surface area contributed by atoms with E-state index >= 15 is 0 Å². The van der Waals surface area contributed by atoms with Crippen LogP contribution in [-0.2, 0) is 14.3 Å². The van der Waals surface area contributed by atoms with E-state index in [1.54, 1.807) is 24.3 Å². The van der Waals surface area contributed by atoms with E-state index in [2.05, 4.69) is 5.32 Å². The van der Waals surface area contributed by atoms with Gasteiger partial charge in [0.2, 0.25) is 0 Å². The maximum atomic E-state index is 12.1. The Morgan fingerprint density at radius 3 is 2.72 bits per heavy atom. The molecule has 1 atom stereocenters. The lowest BCUT2D eigenvalue weighted by molar-refractivity contribution is -0.124. The van der Waals surface area contributed by atoms with Crippen LogP contribution < -0.4 is 5.32 Å². The molecule has 132 valence electrons. The monoisotopic (exact) mass is 345 g/mol. The van der Waals surface area contributed by atoms with Gasteiger partial charge in [-0.2, -0.15) is 0 Å². The van der Waals surface area contributed by atoms with Gasteiger partial charge < -0.3 is 25.0 Å². The van der Waals surface area contributed by atoms with Crippen LogP contribution in [0.2, 0.25) is 0 Å². The van der Waals surface area contributed by atoms with Gasteiger partial charge >= 0.3 is 5.97 Å². The van der Waals surface area contributed by atoms with Crippen LogP contribution in [0.4, 0.5) is 0 Å². The van der Waals surface area contributed by atoms with Crippen molar-refractivity contribution in [3.05, 3.63) is 35.9 Å². The molecule has 1 unspecified atom stereocenters. The van der Waals surface area contributed by atoms with E-state index in [1.807, 2.05) is 0 Å². The number of fused-ring (bicyclic) bond motifs is 1. The zero-order valence-electron chi connectivity index (χ0n) is 13.5. The molecule has 3 rings (SSSR count). The van der Waals surface area contributed by atoms with Crippen molar-refractivity contribution >= 4 is 22.6 Å². The van der Waals surface area contributed by atoms with Gasteiger partial charge in [0.05, 0.1) is 6.10 Å². The molecule has 1 saturated heterocycles. The summed E-state index contributed by atoms with van der Waals surface area (Å²) < 4.78 is 10.3. The predicted octanol–water partition coefficient (Wildman–Crippen LogP) is 1.70. The summed E-state index contributed by atoms with van der Waals surface area (Å²) >= 11 is 0. The Morgan fingerprint density at radius 2 is 2.00 bits per heavy atom. The predicted molar refractivity (Wildman–Crippen MR) is 89.5 cm³/mol. The number of esters is 1. The highest BCUT2D eigenvalue weighted by atomic mass is 16.5. The number of amides is 1. The first-order chi connectivity index (χ1) is 12.1. The van der Waals surface area contributed by atoms with Gasteiger partial charge in [0.25, 0.3) is 5.91 Å². The number of phenols is 2. The van der Waals surface area contributed by atoms with Crippen LogP contribution in [-0.4, -0.2) is 48.0 Å². The van der Waals surface area contributed by atoms with Crippen molar-refractivity contribution in [2.24, 2.45) is 0 Å². The van der Waals surface area contributed by atoms with E-state index in [0.717, 1.165) is 18.9 Å². The number of nitrogens with one attached hydrogen (secondary N) is 1. The summed E-state index contributed by atoms with van der Waals surface area (Å²) in [5.74, 6) is -1.78. The van der Waals surface area contributed by atoms with Gasteiger partial charge in [0.15, 0.2) is 6.61 Å². The van der Waals surface area contributed by atoms with E-state index in [-0.39, 0.29) is 23.2 Å². The zero-order chi connectivity index (χ0) is 17.8. The minimum atomic E-state index is -0.884. The average Bonchev–Trinajstić information content (AvgIpc) is 3.14. The van der Waals surface area contributed by atoms with Crippen LogP contribution in [0.25, 0.3) is 10.8 Å². The fourth-order valence-electron chi connectivity index (χ4n) is 2.79. The smallest absolute Gasteiger partial charge is 0.342 e. The quantitative estimate of drug-likeness (QED) is 0.563. The highest BCUT2D eigenvalue weighted by molar-refractivity contribution is 6.04. The molecule has 1 fully saturated rings. The molecule has 0 aromatic heterocycles. The molecule has 2 aromatic rings. The second kappa shape index (κ2) is 7.40. The molecule has 0 spiro atoms. The topological polar surface area (TPSA) is 105 Å². The van der Waals surface area contributed by atoms with Crippen molar-refractivity contribution in [2.75, 3.05) is 19.8 Å².